The first kappa shape index (κ1) is 16.4. The van der Waals surface area contributed by atoms with Gasteiger partial charge in [0.1, 0.15) is 11.5 Å². The fourth-order valence-corrected chi connectivity index (χ4v) is 4.87. The van der Waals surface area contributed by atoms with Crippen LogP contribution >= 0.6 is 11.6 Å². The van der Waals surface area contributed by atoms with E-state index >= 15 is 0 Å². The Balaban J connectivity index is 1.96. The molecule has 1 aliphatic rings. The summed E-state index contributed by atoms with van der Waals surface area (Å²) in [7, 11) is -3.56. The summed E-state index contributed by atoms with van der Waals surface area (Å²) in [6.07, 6.45) is 0.630. The highest BCUT2D eigenvalue weighted by molar-refractivity contribution is 7.97. The lowest BCUT2D eigenvalue weighted by Gasteiger charge is -2.17. The van der Waals surface area contributed by atoms with E-state index in [1.165, 1.54) is 0 Å². The third-order valence-electron chi connectivity index (χ3n) is 4.29. The van der Waals surface area contributed by atoms with Crippen molar-refractivity contribution in [3.8, 4) is 0 Å². The van der Waals surface area contributed by atoms with Gasteiger partial charge in [-0.25, -0.2) is 0 Å². The molecule has 120 valence electrons. The molecule has 0 spiro atoms. The van der Waals surface area contributed by atoms with Crippen molar-refractivity contribution < 1.29 is 13.6 Å². The number of Topliss-reactive ketones (excluding diaryl/α,β-unsaturated/α-hetero) is 1. The van der Waals surface area contributed by atoms with E-state index in [0.717, 1.165) is 27.8 Å². The summed E-state index contributed by atoms with van der Waals surface area (Å²) in [4.78, 5) is 11.7. The van der Waals surface area contributed by atoms with E-state index in [4.69, 9.17) is 11.6 Å². The molecule has 0 saturated carbocycles. The van der Waals surface area contributed by atoms with Gasteiger partial charge in [0.15, 0.2) is 4.90 Å². The highest BCUT2D eigenvalue weighted by Crippen LogP contribution is 2.34. The second-order valence-electron chi connectivity index (χ2n) is 6.12. The zero-order valence-electron chi connectivity index (χ0n) is 13.0. The molecular weight excluding hydrogens is 332 g/mol. The molecule has 1 atom stereocenters. The number of sulfone groups is 1. The SMILES string of the molecule is Cc1ccc(C[S+](=O)([O-])c2cc3c(cc2Cl)CC(=O)C3)cc1C. The summed E-state index contributed by atoms with van der Waals surface area (Å²) in [5, 5.41) is 0.197. The molecule has 2 aromatic rings. The Bertz CT molecular complexity index is 858. The first-order valence-electron chi connectivity index (χ1n) is 7.38. The number of hydrogen-bond donors (Lipinski definition) is 0. The first-order chi connectivity index (χ1) is 10.8. The number of carbonyl (C=O) groups excluding carboxylic acids is 1. The zero-order chi connectivity index (χ0) is 16.8. The molecule has 5 heteroatoms. The molecule has 3 rings (SSSR count). The van der Waals surface area contributed by atoms with Gasteiger partial charge in [0.2, 0.25) is 0 Å². The Hall–Kier alpha value is -1.49. The maximum atomic E-state index is 12.7. The average Bonchev–Trinajstić information content (AvgIpc) is 2.80. The second-order valence-corrected chi connectivity index (χ2v) is 8.49. The highest BCUT2D eigenvalue weighted by atomic mass is 35.5. The van der Waals surface area contributed by atoms with Crippen molar-refractivity contribution in [1.29, 1.82) is 0 Å². The van der Waals surface area contributed by atoms with Gasteiger partial charge in [-0.1, -0.05) is 29.8 Å². The number of aryl methyl sites for hydroxylation is 2. The van der Waals surface area contributed by atoms with Crippen LogP contribution in [0.25, 0.3) is 0 Å². The Morgan fingerprint density at radius 3 is 2.39 bits per heavy atom. The number of hydrogen-bond acceptors (Lipinski definition) is 3. The fourth-order valence-electron chi connectivity index (χ4n) is 2.88. The minimum atomic E-state index is -3.56. The summed E-state index contributed by atoms with van der Waals surface area (Å²) >= 11 is 6.17. The average molecular weight is 349 g/mol. The van der Waals surface area contributed by atoms with Crippen LogP contribution in [0, 0.1) is 13.8 Å². The summed E-state index contributed by atoms with van der Waals surface area (Å²) in [5.41, 5.74) is 4.53. The quantitative estimate of drug-likeness (QED) is 0.792. The van der Waals surface area contributed by atoms with E-state index in [0.29, 0.717) is 12.8 Å². The van der Waals surface area contributed by atoms with Crippen LogP contribution in [0.5, 0.6) is 0 Å². The van der Waals surface area contributed by atoms with Crippen molar-refractivity contribution in [3.05, 3.63) is 63.2 Å². The number of benzene rings is 2. The lowest BCUT2D eigenvalue weighted by Crippen LogP contribution is -2.15. The van der Waals surface area contributed by atoms with Crippen molar-refractivity contribution in [2.75, 3.05) is 0 Å². The molecule has 0 heterocycles. The molecule has 0 bridgehead atoms. The number of fused-ring (bicyclic) bond motifs is 1. The Morgan fingerprint density at radius 1 is 1.09 bits per heavy atom. The maximum absolute atomic E-state index is 12.7. The molecule has 1 aliphatic carbocycles. The molecule has 0 saturated heterocycles. The summed E-state index contributed by atoms with van der Waals surface area (Å²) in [6.45, 7) is 3.95. The third-order valence-corrected chi connectivity index (χ3v) is 6.44. The fraction of sp³-hybridized carbons (Fsp3) is 0.278. The van der Waals surface area contributed by atoms with Gasteiger partial charge in [-0.3, -0.25) is 4.79 Å². The maximum Gasteiger partial charge on any atom is 0.174 e. The standard InChI is InChI=1S/C18H17ClO3S/c1-11-3-4-13(5-12(11)2)10-23(21,22)18-9-15-7-16(20)6-14(15)8-17(18)19/h3-5,8-9H,6-7,10H2,1-2H3. The van der Waals surface area contributed by atoms with Gasteiger partial charge in [-0.15, -0.1) is 4.21 Å². The van der Waals surface area contributed by atoms with Crippen LogP contribution in [0.2, 0.25) is 5.02 Å². The van der Waals surface area contributed by atoms with E-state index in [1.54, 1.807) is 12.1 Å². The minimum Gasteiger partial charge on any atom is -0.610 e. The molecule has 0 fully saturated rings. The number of carbonyl (C=O) groups is 1. The van der Waals surface area contributed by atoms with E-state index in [9.17, 15) is 13.6 Å². The zero-order valence-corrected chi connectivity index (χ0v) is 14.6. The van der Waals surface area contributed by atoms with Crippen LogP contribution in [0.1, 0.15) is 27.8 Å². The molecule has 0 amide bonds. The molecule has 1 unspecified atom stereocenters. The Kier molecular flexibility index (Phi) is 4.17. The molecule has 0 radical (unpaired) electrons. The largest absolute Gasteiger partial charge is 0.610 e. The van der Waals surface area contributed by atoms with Crippen molar-refractivity contribution in [3.63, 3.8) is 0 Å². The molecule has 0 N–H and O–H groups in total. The van der Waals surface area contributed by atoms with Gasteiger partial charge < -0.3 is 4.55 Å². The van der Waals surface area contributed by atoms with Gasteiger partial charge in [0.25, 0.3) is 0 Å². The summed E-state index contributed by atoms with van der Waals surface area (Å²) in [6, 6.07) is 8.82. The third kappa shape index (κ3) is 3.25. The van der Waals surface area contributed by atoms with Gasteiger partial charge in [-0.05, 0) is 48.2 Å². The lowest BCUT2D eigenvalue weighted by molar-refractivity contribution is -0.117. The van der Waals surface area contributed by atoms with E-state index in [2.05, 4.69) is 0 Å². The topological polar surface area (TPSA) is 57.2 Å². The Labute approximate surface area is 141 Å². The summed E-state index contributed by atoms with van der Waals surface area (Å²) in [5.74, 6) is 0.000359. The van der Waals surface area contributed by atoms with Crippen molar-refractivity contribution in [2.45, 2.75) is 37.3 Å². The molecule has 0 aromatic heterocycles. The van der Waals surface area contributed by atoms with Crippen molar-refractivity contribution in [2.24, 2.45) is 0 Å². The number of ketones is 1. The van der Waals surface area contributed by atoms with Crippen LogP contribution < -0.4 is 0 Å². The summed E-state index contributed by atoms with van der Waals surface area (Å²) < 4.78 is 25.5. The second kappa shape index (κ2) is 5.86. The number of halogens is 1. The monoisotopic (exact) mass is 348 g/mol. The smallest absolute Gasteiger partial charge is 0.174 e. The van der Waals surface area contributed by atoms with Crippen LogP contribution in [-0.4, -0.2) is 10.3 Å². The van der Waals surface area contributed by atoms with Gasteiger partial charge >= 0.3 is 0 Å². The minimum absolute atomic E-state index is 0.0967. The number of rotatable bonds is 3. The highest BCUT2D eigenvalue weighted by Gasteiger charge is 2.29. The van der Waals surface area contributed by atoms with E-state index in [-0.39, 0.29) is 21.5 Å². The van der Waals surface area contributed by atoms with Crippen LogP contribution in [0.4, 0.5) is 0 Å². The van der Waals surface area contributed by atoms with E-state index in [1.807, 2.05) is 32.0 Å². The van der Waals surface area contributed by atoms with Crippen LogP contribution in [0.3, 0.4) is 0 Å². The molecule has 23 heavy (non-hydrogen) atoms. The van der Waals surface area contributed by atoms with Crippen LogP contribution in [-0.2, 0) is 37.8 Å². The molecule has 0 aliphatic heterocycles. The normalized spacial score (nSPS) is 16.3. The van der Waals surface area contributed by atoms with Gasteiger partial charge in [0, 0.05) is 18.4 Å². The predicted octanol–water partition coefficient (Wildman–Crippen LogP) is 3.81. The van der Waals surface area contributed by atoms with E-state index < -0.39 is 10.2 Å². The van der Waals surface area contributed by atoms with Crippen LogP contribution in [0.15, 0.2) is 35.2 Å². The van der Waals surface area contributed by atoms with Crippen molar-refractivity contribution in [1.82, 2.24) is 0 Å². The van der Waals surface area contributed by atoms with Gasteiger partial charge in [0.05, 0.1) is 15.2 Å². The molecule has 2 aromatic carbocycles. The molecule has 3 nitrogen and oxygen atoms in total. The van der Waals surface area contributed by atoms with Crippen molar-refractivity contribution >= 4 is 27.6 Å². The first-order valence-corrected chi connectivity index (χ1v) is 9.41. The lowest BCUT2D eigenvalue weighted by atomic mass is 10.1. The molecular formula is C18H17ClO3S. The Morgan fingerprint density at radius 2 is 1.74 bits per heavy atom. The van der Waals surface area contributed by atoms with Gasteiger partial charge in [-0.2, -0.15) is 0 Å². The predicted molar refractivity (Wildman–Crippen MR) is 90.6 cm³/mol.